The number of hydrogen-bond acceptors (Lipinski definition) is 8. The highest BCUT2D eigenvalue weighted by Gasteiger charge is 2.15. The minimum Gasteiger partial charge on any atom is -0.466 e. The maximum absolute atomic E-state index is 11.6. The molecule has 2 aromatic rings. The summed E-state index contributed by atoms with van der Waals surface area (Å²) in [5.41, 5.74) is 8.62. The summed E-state index contributed by atoms with van der Waals surface area (Å²) in [6.45, 7) is 11.9. The zero-order valence-corrected chi connectivity index (χ0v) is 19.1. The van der Waals surface area contributed by atoms with Crippen LogP contribution in [0.3, 0.4) is 0 Å². The van der Waals surface area contributed by atoms with Crippen LogP contribution in [0.4, 0.5) is 5.13 Å². The van der Waals surface area contributed by atoms with Gasteiger partial charge in [0, 0.05) is 38.1 Å². The van der Waals surface area contributed by atoms with Gasteiger partial charge in [-0.25, -0.2) is 4.98 Å². The first-order chi connectivity index (χ1) is 14.4. The van der Waals surface area contributed by atoms with E-state index in [1.807, 2.05) is 11.6 Å². The van der Waals surface area contributed by atoms with Crippen LogP contribution >= 0.6 is 11.3 Å². The van der Waals surface area contributed by atoms with Crippen molar-refractivity contribution in [2.45, 2.75) is 33.7 Å². The third kappa shape index (κ3) is 6.35. The zero-order chi connectivity index (χ0) is 21.5. The quantitative estimate of drug-likeness (QED) is 0.395. The van der Waals surface area contributed by atoms with Crippen LogP contribution in [0, 0.1) is 13.8 Å². The van der Waals surface area contributed by atoms with Gasteiger partial charge in [0.1, 0.15) is 0 Å². The number of carbonyl (C=O) groups excluding carboxylic acids is 1. The molecule has 1 fully saturated rings. The average Bonchev–Trinajstić information content (AvgIpc) is 3.14. The molecule has 2 heterocycles. The number of aryl methyl sites for hydroxylation is 1. The molecule has 0 bridgehead atoms. The smallest absolute Gasteiger partial charge is 0.311 e. The second-order valence-electron chi connectivity index (χ2n) is 7.71. The number of benzene rings is 1. The van der Waals surface area contributed by atoms with E-state index in [1.165, 1.54) is 28.0 Å². The lowest BCUT2D eigenvalue weighted by Crippen LogP contribution is -2.44. The molecule has 1 aliphatic heterocycles. The number of thiazole rings is 1. The van der Waals surface area contributed by atoms with E-state index in [2.05, 4.69) is 58.3 Å². The molecule has 30 heavy (non-hydrogen) atoms. The Morgan fingerprint density at radius 2 is 2.07 bits per heavy atom. The maximum atomic E-state index is 11.6. The standard InChI is InChI=1S/C22H31N5O2S/c1-5-29-21(28)12-20-15-30-22(24-20)25-23-13-18-10-16(2)11-19(17(18)3)14-27-8-6-26(4)7-9-27/h10-11,13,15H,5-9,12,14H2,1-4H3,(H,24,25). The molecular formula is C22H31N5O2S. The molecule has 1 saturated heterocycles. The molecule has 8 heteroatoms. The minimum atomic E-state index is -0.263. The van der Waals surface area contributed by atoms with Crippen LogP contribution in [-0.2, 0) is 22.5 Å². The molecule has 0 spiro atoms. The second-order valence-corrected chi connectivity index (χ2v) is 8.57. The van der Waals surface area contributed by atoms with E-state index in [1.54, 1.807) is 6.92 Å². The van der Waals surface area contributed by atoms with Crippen molar-refractivity contribution in [1.82, 2.24) is 14.8 Å². The molecule has 1 aromatic heterocycles. The van der Waals surface area contributed by atoms with Crippen molar-refractivity contribution in [1.29, 1.82) is 0 Å². The summed E-state index contributed by atoms with van der Waals surface area (Å²) in [6.07, 6.45) is 2.03. The molecule has 0 atom stereocenters. The van der Waals surface area contributed by atoms with E-state index in [4.69, 9.17) is 4.74 Å². The molecule has 1 aliphatic rings. The van der Waals surface area contributed by atoms with Crippen LogP contribution in [0.25, 0.3) is 0 Å². The Bertz CT molecular complexity index is 888. The number of esters is 1. The van der Waals surface area contributed by atoms with Gasteiger partial charge in [0.05, 0.1) is 24.9 Å². The number of carbonyl (C=O) groups is 1. The number of hydrogen-bond donors (Lipinski definition) is 1. The van der Waals surface area contributed by atoms with Crippen molar-refractivity contribution < 1.29 is 9.53 Å². The lowest BCUT2D eigenvalue weighted by molar-refractivity contribution is -0.142. The third-order valence-corrected chi connectivity index (χ3v) is 6.03. The van der Waals surface area contributed by atoms with Crippen molar-refractivity contribution in [2.75, 3.05) is 45.3 Å². The van der Waals surface area contributed by atoms with E-state index < -0.39 is 0 Å². The topological polar surface area (TPSA) is 70.1 Å². The normalized spacial score (nSPS) is 15.6. The number of aromatic nitrogens is 1. The molecule has 0 radical (unpaired) electrons. The molecule has 3 rings (SSSR count). The van der Waals surface area contributed by atoms with Gasteiger partial charge in [0.15, 0.2) is 0 Å². The zero-order valence-electron chi connectivity index (χ0n) is 18.3. The van der Waals surface area contributed by atoms with Crippen molar-refractivity contribution in [2.24, 2.45) is 5.10 Å². The molecule has 0 unspecified atom stereocenters. The Balaban J connectivity index is 1.62. The van der Waals surface area contributed by atoms with Gasteiger partial charge in [-0.1, -0.05) is 17.7 Å². The molecule has 0 amide bonds. The number of nitrogens with one attached hydrogen (secondary N) is 1. The van der Waals surface area contributed by atoms with E-state index in [9.17, 15) is 4.79 Å². The Kier molecular flexibility index (Phi) is 7.95. The van der Waals surface area contributed by atoms with Crippen LogP contribution in [-0.4, -0.2) is 66.8 Å². The summed E-state index contributed by atoms with van der Waals surface area (Å²) in [6, 6.07) is 4.43. The van der Waals surface area contributed by atoms with Crippen molar-refractivity contribution in [3.8, 4) is 0 Å². The van der Waals surface area contributed by atoms with Gasteiger partial charge in [0.2, 0.25) is 5.13 Å². The van der Waals surface area contributed by atoms with Gasteiger partial charge in [0.25, 0.3) is 0 Å². The predicted molar refractivity (Wildman–Crippen MR) is 122 cm³/mol. The average molecular weight is 430 g/mol. The van der Waals surface area contributed by atoms with E-state index in [0.717, 1.165) is 38.3 Å². The monoisotopic (exact) mass is 429 g/mol. The summed E-state index contributed by atoms with van der Waals surface area (Å²) in [5, 5.41) is 6.89. The lowest BCUT2D eigenvalue weighted by Gasteiger charge is -2.32. The molecule has 0 aliphatic carbocycles. The van der Waals surface area contributed by atoms with Crippen LogP contribution in [0.2, 0.25) is 0 Å². The molecule has 1 aromatic carbocycles. The number of hydrazone groups is 1. The summed E-state index contributed by atoms with van der Waals surface area (Å²) in [4.78, 5) is 20.8. The SMILES string of the molecule is CCOC(=O)Cc1csc(NN=Cc2cc(C)cc(CN3CCN(C)CC3)c2C)n1. The summed E-state index contributed by atoms with van der Waals surface area (Å²) in [5.74, 6) is -0.263. The van der Waals surface area contributed by atoms with Crippen LogP contribution in [0.1, 0.15) is 34.9 Å². The first kappa shape index (κ1) is 22.4. The fourth-order valence-electron chi connectivity index (χ4n) is 3.47. The van der Waals surface area contributed by atoms with Gasteiger partial charge in [-0.15, -0.1) is 11.3 Å². The molecule has 0 saturated carbocycles. The molecule has 162 valence electrons. The Morgan fingerprint density at radius 3 is 2.80 bits per heavy atom. The first-order valence-corrected chi connectivity index (χ1v) is 11.2. The number of piperazine rings is 1. The number of anilines is 1. The number of rotatable bonds is 8. The summed E-state index contributed by atoms with van der Waals surface area (Å²) >= 11 is 1.42. The van der Waals surface area contributed by atoms with Gasteiger partial charge < -0.3 is 9.64 Å². The van der Waals surface area contributed by atoms with Crippen molar-refractivity contribution in [3.05, 3.63) is 45.5 Å². The number of ether oxygens (including phenoxy) is 1. The van der Waals surface area contributed by atoms with Gasteiger partial charge >= 0.3 is 5.97 Å². The summed E-state index contributed by atoms with van der Waals surface area (Å²) < 4.78 is 4.96. The highest BCUT2D eigenvalue weighted by Crippen LogP contribution is 2.19. The number of likely N-dealkylation sites (N-methyl/N-ethyl adjacent to an activating group) is 1. The highest BCUT2D eigenvalue weighted by atomic mass is 32.1. The maximum Gasteiger partial charge on any atom is 0.311 e. The van der Waals surface area contributed by atoms with E-state index in [-0.39, 0.29) is 12.4 Å². The van der Waals surface area contributed by atoms with Crippen molar-refractivity contribution in [3.63, 3.8) is 0 Å². The third-order valence-electron chi connectivity index (χ3n) is 5.24. The largest absolute Gasteiger partial charge is 0.466 e. The molecule has 1 N–H and O–H groups in total. The van der Waals surface area contributed by atoms with E-state index >= 15 is 0 Å². The lowest BCUT2D eigenvalue weighted by atomic mass is 9.99. The highest BCUT2D eigenvalue weighted by molar-refractivity contribution is 7.13. The molecular weight excluding hydrogens is 398 g/mol. The first-order valence-electron chi connectivity index (χ1n) is 10.3. The Hall–Kier alpha value is -2.29. The predicted octanol–water partition coefficient (Wildman–Crippen LogP) is 3.06. The van der Waals surface area contributed by atoms with Crippen molar-refractivity contribution >= 4 is 28.7 Å². The summed E-state index contributed by atoms with van der Waals surface area (Å²) in [7, 11) is 2.18. The second kappa shape index (κ2) is 10.7. The van der Waals surface area contributed by atoms with Crippen LogP contribution in [0.15, 0.2) is 22.6 Å². The Labute approximate surface area is 182 Å². The van der Waals surface area contributed by atoms with E-state index in [0.29, 0.717) is 17.4 Å². The fourth-order valence-corrected chi connectivity index (χ4v) is 4.12. The molecule has 7 nitrogen and oxygen atoms in total. The Morgan fingerprint density at radius 1 is 1.30 bits per heavy atom. The minimum absolute atomic E-state index is 0.183. The fraction of sp³-hybridized carbons (Fsp3) is 0.500. The van der Waals surface area contributed by atoms with Gasteiger partial charge in [-0.3, -0.25) is 15.1 Å². The number of nitrogens with zero attached hydrogens (tertiary/aromatic N) is 4. The van der Waals surface area contributed by atoms with Gasteiger partial charge in [-0.2, -0.15) is 5.10 Å². The van der Waals surface area contributed by atoms with Gasteiger partial charge in [-0.05, 0) is 44.5 Å². The van der Waals surface area contributed by atoms with Crippen LogP contribution < -0.4 is 5.43 Å². The van der Waals surface area contributed by atoms with Crippen LogP contribution in [0.5, 0.6) is 0 Å².